The molecule has 0 fully saturated rings. The summed E-state index contributed by atoms with van der Waals surface area (Å²) >= 11 is 0. The van der Waals surface area contributed by atoms with Crippen molar-refractivity contribution in [1.29, 1.82) is 0 Å². The lowest BCUT2D eigenvalue weighted by molar-refractivity contribution is -0.140. The first-order chi connectivity index (χ1) is 14.1. The molecule has 0 radical (unpaired) electrons. The first-order valence-electron chi connectivity index (χ1n) is 10.3. The third-order valence-electron chi connectivity index (χ3n) is 4.80. The highest BCUT2D eigenvalue weighted by molar-refractivity contribution is 6.02. The van der Waals surface area contributed by atoms with Crippen molar-refractivity contribution in [3.05, 3.63) is 72.1 Å². The molecule has 1 heterocycles. The van der Waals surface area contributed by atoms with Crippen molar-refractivity contribution in [3.63, 3.8) is 0 Å². The summed E-state index contributed by atoms with van der Waals surface area (Å²) in [4.78, 5) is 32.0. The van der Waals surface area contributed by atoms with Crippen LogP contribution in [0.2, 0.25) is 0 Å². The topological polar surface area (TPSA) is 53.5 Å². The second-order valence-electron chi connectivity index (χ2n) is 7.04. The van der Waals surface area contributed by atoms with Crippen molar-refractivity contribution in [2.75, 3.05) is 19.6 Å². The average Bonchev–Trinajstić information content (AvgIpc) is 2.74. The van der Waals surface area contributed by atoms with Gasteiger partial charge in [0.15, 0.2) is 0 Å². The summed E-state index contributed by atoms with van der Waals surface area (Å²) in [6.45, 7) is 7.04. The van der Waals surface area contributed by atoms with Crippen LogP contribution in [0.1, 0.15) is 44.2 Å². The maximum atomic E-state index is 12.4. The third-order valence-corrected chi connectivity index (χ3v) is 4.80. The fourth-order valence-corrected chi connectivity index (χ4v) is 3.13. The van der Waals surface area contributed by atoms with Gasteiger partial charge >= 0.3 is 0 Å². The molecule has 0 aliphatic carbocycles. The van der Waals surface area contributed by atoms with Gasteiger partial charge in [-0.05, 0) is 49.2 Å². The van der Waals surface area contributed by atoms with E-state index in [1.54, 1.807) is 18.5 Å². The maximum absolute atomic E-state index is 12.4. The number of nitrogens with zero attached hydrogens (tertiary/aromatic N) is 3. The SMILES string of the molecule is CCN(CCCCCN(C(C)=O)C(=O)/C=C/c1cccnc1)Cc1ccccc1. The first kappa shape index (κ1) is 22.5. The zero-order chi connectivity index (χ0) is 20.9. The lowest BCUT2D eigenvalue weighted by Crippen LogP contribution is -2.34. The number of pyridine rings is 1. The minimum Gasteiger partial charge on any atom is -0.299 e. The molecule has 154 valence electrons. The van der Waals surface area contributed by atoms with Crippen molar-refractivity contribution in [3.8, 4) is 0 Å². The number of carbonyl (C=O) groups excluding carboxylic acids is 2. The molecule has 1 aromatic heterocycles. The van der Waals surface area contributed by atoms with Crippen LogP contribution in [0, 0.1) is 0 Å². The van der Waals surface area contributed by atoms with E-state index in [1.807, 2.05) is 18.2 Å². The van der Waals surface area contributed by atoms with E-state index in [4.69, 9.17) is 0 Å². The van der Waals surface area contributed by atoms with Gasteiger partial charge in [-0.1, -0.05) is 49.7 Å². The van der Waals surface area contributed by atoms with E-state index in [0.717, 1.165) is 44.5 Å². The van der Waals surface area contributed by atoms with E-state index in [-0.39, 0.29) is 11.8 Å². The van der Waals surface area contributed by atoms with Crippen molar-refractivity contribution in [2.45, 2.75) is 39.7 Å². The van der Waals surface area contributed by atoms with Crippen molar-refractivity contribution in [1.82, 2.24) is 14.8 Å². The molecule has 5 heteroatoms. The van der Waals surface area contributed by atoms with Gasteiger partial charge in [0.05, 0.1) is 0 Å². The molecule has 0 saturated heterocycles. The van der Waals surface area contributed by atoms with Gasteiger partial charge in [-0.25, -0.2) is 0 Å². The molecule has 0 unspecified atom stereocenters. The van der Waals surface area contributed by atoms with Gasteiger partial charge < -0.3 is 0 Å². The fraction of sp³-hybridized carbons (Fsp3) is 0.375. The van der Waals surface area contributed by atoms with Crippen molar-refractivity contribution in [2.24, 2.45) is 0 Å². The molecule has 0 spiro atoms. The van der Waals surface area contributed by atoms with Crippen molar-refractivity contribution >= 4 is 17.9 Å². The van der Waals surface area contributed by atoms with Gasteiger partial charge in [0, 0.05) is 38.5 Å². The molecule has 0 atom stereocenters. The van der Waals surface area contributed by atoms with Crippen molar-refractivity contribution < 1.29 is 9.59 Å². The summed E-state index contributed by atoms with van der Waals surface area (Å²) in [6, 6.07) is 14.1. The van der Waals surface area contributed by atoms with Crippen LogP contribution in [0.3, 0.4) is 0 Å². The van der Waals surface area contributed by atoms with Gasteiger partial charge in [0.1, 0.15) is 0 Å². The molecule has 5 nitrogen and oxygen atoms in total. The standard InChI is InChI=1S/C24H31N3O2/c1-3-26(20-23-11-6-4-7-12-23)17-8-5-9-18-27(21(2)28)24(29)15-14-22-13-10-16-25-19-22/h4,6-7,10-16,19H,3,5,8-9,17-18,20H2,1-2H3/b15-14+. The zero-order valence-electron chi connectivity index (χ0n) is 17.5. The molecule has 29 heavy (non-hydrogen) atoms. The molecule has 2 amide bonds. The molecule has 0 aliphatic heterocycles. The Morgan fingerprint density at radius 2 is 1.76 bits per heavy atom. The molecular weight excluding hydrogens is 362 g/mol. The number of unbranched alkanes of at least 4 members (excludes halogenated alkanes) is 2. The quantitative estimate of drug-likeness (QED) is 0.425. The van der Waals surface area contributed by atoms with Crippen LogP contribution in [-0.4, -0.2) is 46.2 Å². The Morgan fingerprint density at radius 1 is 1.00 bits per heavy atom. The molecule has 2 rings (SSSR count). The number of rotatable bonds is 11. The smallest absolute Gasteiger partial charge is 0.253 e. The number of amides is 2. The Hall–Kier alpha value is -2.79. The highest BCUT2D eigenvalue weighted by atomic mass is 16.2. The Bertz CT molecular complexity index is 775. The summed E-state index contributed by atoms with van der Waals surface area (Å²) in [7, 11) is 0. The van der Waals surface area contributed by atoms with Gasteiger partial charge in [-0.15, -0.1) is 0 Å². The molecule has 0 aliphatic rings. The number of benzene rings is 1. The van der Waals surface area contributed by atoms with Gasteiger partial charge in [-0.2, -0.15) is 0 Å². The van der Waals surface area contributed by atoms with E-state index >= 15 is 0 Å². The van der Waals surface area contributed by atoms with Crippen LogP contribution in [0.15, 0.2) is 60.9 Å². The van der Waals surface area contributed by atoms with Crippen LogP contribution < -0.4 is 0 Å². The summed E-state index contributed by atoms with van der Waals surface area (Å²) in [5, 5.41) is 0. The van der Waals surface area contributed by atoms with E-state index in [2.05, 4.69) is 41.1 Å². The van der Waals surface area contributed by atoms with Crippen LogP contribution in [0.5, 0.6) is 0 Å². The predicted octanol–water partition coefficient (Wildman–Crippen LogP) is 4.16. The largest absolute Gasteiger partial charge is 0.299 e. The summed E-state index contributed by atoms with van der Waals surface area (Å²) in [6.07, 6.45) is 9.33. The number of aromatic nitrogens is 1. The lowest BCUT2D eigenvalue weighted by Gasteiger charge is -2.21. The van der Waals surface area contributed by atoms with E-state index < -0.39 is 0 Å². The molecule has 0 N–H and O–H groups in total. The Morgan fingerprint density at radius 3 is 2.41 bits per heavy atom. The minimum absolute atomic E-state index is 0.218. The summed E-state index contributed by atoms with van der Waals surface area (Å²) in [5.74, 6) is -0.495. The number of hydrogen-bond acceptors (Lipinski definition) is 4. The first-order valence-corrected chi connectivity index (χ1v) is 10.3. The Labute approximate surface area is 174 Å². The highest BCUT2D eigenvalue weighted by Crippen LogP contribution is 2.08. The average molecular weight is 394 g/mol. The van der Waals surface area contributed by atoms with Gasteiger partial charge in [0.25, 0.3) is 5.91 Å². The Kier molecular flexibility index (Phi) is 9.80. The highest BCUT2D eigenvalue weighted by Gasteiger charge is 2.14. The normalized spacial score (nSPS) is 11.1. The monoisotopic (exact) mass is 393 g/mol. The van der Waals surface area contributed by atoms with Crippen LogP contribution >= 0.6 is 0 Å². The molecule has 2 aromatic rings. The lowest BCUT2D eigenvalue weighted by atomic mass is 10.2. The molecule has 0 bridgehead atoms. The van der Waals surface area contributed by atoms with Crippen LogP contribution in [0.4, 0.5) is 0 Å². The van der Waals surface area contributed by atoms with Crippen LogP contribution in [0.25, 0.3) is 6.08 Å². The van der Waals surface area contributed by atoms with E-state index in [9.17, 15) is 9.59 Å². The molecule has 1 aromatic carbocycles. The van der Waals surface area contributed by atoms with E-state index in [0.29, 0.717) is 6.54 Å². The molecule has 0 saturated carbocycles. The fourth-order valence-electron chi connectivity index (χ4n) is 3.13. The number of hydrogen-bond donors (Lipinski definition) is 0. The second-order valence-corrected chi connectivity index (χ2v) is 7.04. The Balaban J connectivity index is 1.73. The third kappa shape index (κ3) is 8.40. The molecular formula is C24H31N3O2. The van der Waals surface area contributed by atoms with E-state index in [1.165, 1.54) is 23.5 Å². The van der Waals surface area contributed by atoms with Gasteiger partial charge in [-0.3, -0.25) is 24.4 Å². The maximum Gasteiger partial charge on any atom is 0.253 e. The summed E-state index contributed by atoms with van der Waals surface area (Å²) in [5.41, 5.74) is 2.16. The zero-order valence-corrected chi connectivity index (χ0v) is 17.5. The minimum atomic E-state index is -0.277. The van der Waals surface area contributed by atoms with Gasteiger partial charge in [0.2, 0.25) is 5.91 Å². The second kappa shape index (κ2) is 12.6. The van der Waals surface area contributed by atoms with Crippen LogP contribution in [-0.2, 0) is 16.1 Å². The number of imide groups is 1. The number of carbonyl (C=O) groups is 2. The predicted molar refractivity (Wildman–Crippen MR) is 117 cm³/mol. The summed E-state index contributed by atoms with van der Waals surface area (Å²) < 4.78 is 0.